The van der Waals surface area contributed by atoms with E-state index in [1.807, 2.05) is 10.9 Å². The van der Waals surface area contributed by atoms with Crippen molar-refractivity contribution in [1.29, 1.82) is 0 Å². The number of hydrogen-bond donors (Lipinski definition) is 1. The summed E-state index contributed by atoms with van der Waals surface area (Å²) in [6.07, 6.45) is 5.46. The highest BCUT2D eigenvalue weighted by molar-refractivity contribution is 4.94. The van der Waals surface area contributed by atoms with Gasteiger partial charge in [-0.2, -0.15) is 0 Å². The van der Waals surface area contributed by atoms with E-state index in [-0.39, 0.29) is 0 Å². The molecule has 1 aliphatic rings. The number of rotatable bonds is 13. The molecule has 7 nitrogen and oxygen atoms in total. The van der Waals surface area contributed by atoms with E-state index in [0.29, 0.717) is 39.1 Å². The summed E-state index contributed by atoms with van der Waals surface area (Å²) in [5, 5.41) is 11.6. The predicted molar refractivity (Wildman–Crippen MR) is 78.0 cm³/mol. The van der Waals surface area contributed by atoms with Crippen LogP contribution in [0.1, 0.15) is 25.0 Å². The lowest BCUT2D eigenvalue weighted by molar-refractivity contribution is 0.0497. The highest BCUT2D eigenvalue weighted by atomic mass is 16.5. The number of nitrogens with zero attached hydrogens (tertiary/aromatic N) is 3. The van der Waals surface area contributed by atoms with Crippen LogP contribution in [0.5, 0.6) is 0 Å². The van der Waals surface area contributed by atoms with E-state index in [2.05, 4.69) is 15.6 Å². The first-order chi connectivity index (χ1) is 10.4. The Hall–Kier alpha value is -1.02. The molecule has 0 saturated heterocycles. The van der Waals surface area contributed by atoms with Gasteiger partial charge < -0.3 is 19.5 Å². The lowest BCUT2D eigenvalue weighted by atomic mass is 10.4. The van der Waals surface area contributed by atoms with Crippen LogP contribution < -0.4 is 5.32 Å². The van der Waals surface area contributed by atoms with E-state index in [1.54, 1.807) is 7.11 Å². The van der Waals surface area contributed by atoms with Crippen molar-refractivity contribution in [3.8, 4) is 0 Å². The van der Waals surface area contributed by atoms with E-state index in [0.717, 1.165) is 25.2 Å². The third kappa shape index (κ3) is 7.52. The summed E-state index contributed by atoms with van der Waals surface area (Å²) in [4.78, 5) is 0. The molecule has 21 heavy (non-hydrogen) atoms. The lowest BCUT2D eigenvalue weighted by Gasteiger charge is -2.05. The number of hydrogen-bond acceptors (Lipinski definition) is 6. The zero-order valence-corrected chi connectivity index (χ0v) is 12.8. The monoisotopic (exact) mass is 298 g/mol. The SMILES string of the molecule is COCCOCCCOCCn1cc(CNC2CC2)nn1. The Morgan fingerprint density at radius 3 is 2.76 bits per heavy atom. The highest BCUT2D eigenvalue weighted by Gasteiger charge is 2.20. The van der Waals surface area contributed by atoms with Gasteiger partial charge in [-0.1, -0.05) is 5.21 Å². The van der Waals surface area contributed by atoms with E-state index in [4.69, 9.17) is 14.2 Å². The third-order valence-electron chi connectivity index (χ3n) is 3.21. The molecule has 1 fully saturated rings. The Morgan fingerprint density at radius 1 is 1.19 bits per heavy atom. The molecular formula is C14H26N4O3. The average Bonchev–Trinajstić information content (AvgIpc) is 3.22. The quantitative estimate of drug-likeness (QED) is 0.538. The molecule has 0 radical (unpaired) electrons. The largest absolute Gasteiger partial charge is 0.382 e. The van der Waals surface area contributed by atoms with Crippen molar-refractivity contribution in [2.45, 2.75) is 38.4 Å². The molecule has 0 amide bonds. The molecule has 0 aliphatic heterocycles. The van der Waals surface area contributed by atoms with E-state index >= 15 is 0 Å². The van der Waals surface area contributed by atoms with E-state index < -0.39 is 0 Å². The van der Waals surface area contributed by atoms with Crippen molar-refractivity contribution in [3.63, 3.8) is 0 Å². The second kappa shape index (κ2) is 9.83. The molecule has 1 saturated carbocycles. The number of ether oxygens (including phenoxy) is 3. The normalized spacial score (nSPS) is 14.7. The Labute approximate surface area is 125 Å². The summed E-state index contributed by atoms with van der Waals surface area (Å²) in [5.41, 5.74) is 0.994. The molecule has 7 heteroatoms. The lowest BCUT2D eigenvalue weighted by Crippen LogP contribution is -2.15. The van der Waals surface area contributed by atoms with Gasteiger partial charge in [0.1, 0.15) is 0 Å². The molecular weight excluding hydrogens is 272 g/mol. The molecule has 120 valence electrons. The average molecular weight is 298 g/mol. The molecule has 1 aliphatic carbocycles. The van der Waals surface area contributed by atoms with Gasteiger partial charge in [0.05, 0.1) is 32.1 Å². The Bertz CT molecular complexity index is 382. The van der Waals surface area contributed by atoms with Crippen LogP contribution in [-0.2, 0) is 27.3 Å². The van der Waals surface area contributed by atoms with Crippen LogP contribution in [-0.4, -0.2) is 61.2 Å². The Morgan fingerprint density at radius 2 is 2.00 bits per heavy atom. The van der Waals surface area contributed by atoms with Gasteiger partial charge in [-0.3, -0.25) is 0 Å². The molecule has 0 unspecified atom stereocenters. The van der Waals surface area contributed by atoms with Crippen LogP contribution >= 0.6 is 0 Å². The van der Waals surface area contributed by atoms with Crippen molar-refractivity contribution in [3.05, 3.63) is 11.9 Å². The summed E-state index contributed by atoms with van der Waals surface area (Å²) in [5.74, 6) is 0. The van der Waals surface area contributed by atoms with Gasteiger partial charge in [-0.15, -0.1) is 5.10 Å². The van der Waals surface area contributed by atoms with Crippen molar-refractivity contribution < 1.29 is 14.2 Å². The van der Waals surface area contributed by atoms with Crippen LogP contribution in [0.2, 0.25) is 0 Å². The first-order valence-electron chi connectivity index (χ1n) is 7.65. The zero-order valence-electron chi connectivity index (χ0n) is 12.8. The second-order valence-electron chi connectivity index (χ2n) is 5.20. The molecule has 1 aromatic rings. The van der Waals surface area contributed by atoms with Crippen LogP contribution in [0.4, 0.5) is 0 Å². The fourth-order valence-corrected chi connectivity index (χ4v) is 1.83. The molecule has 0 aromatic carbocycles. The Balaban J connectivity index is 1.43. The maximum absolute atomic E-state index is 5.55. The first-order valence-corrected chi connectivity index (χ1v) is 7.65. The van der Waals surface area contributed by atoms with E-state index in [9.17, 15) is 0 Å². The van der Waals surface area contributed by atoms with Gasteiger partial charge in [0.2, 0.25) is 0 Å². The van der Waals surface area contributed by atoms with E-state index in [1.165, 1.54) is 12.8 Å². The van der Waals surface area contributed by atoms with Gasteiger partial charge in [0, 0.05) is 39.1 Å². The van der Waals surface area contributed by atoms with Crippen molar-refractivity contribution in [2.75, 3.05) is 40.1 Å². The fourth-order valence-electron chi connectivity index (χ4n) is 1.83. The highest BCUT2D eigenvalue weighted by Crippen LogP contribution is 2.18. The summed E-state index contributed by atoms with van der Waals surface area (Å²) in [6.45, 7) is 4.90. The minimum Gasteiger partial charge on any atom is -0.382 e. The number of methoxy groups -OCH3 is 1. The van der Waals surface area contributed by atoms with Crippen molar-refractivity contribution in [1.82, 2.24) is 20.3 Å². The fraction of sp³-hybridized carbons (Fsp3) is 0.857. The standard InChI is InChI=1S/C14H26N4O3/c1-19-9-10-21-7-2-6-20-8-5-18-12-14(16-17-18)11-15-13-3-4-13/h12-13,15H,2-11H2,1H3. The number of nitrogens with one attached hydrogen (secondary N) is 1. The predicted octanol–water partition coefficient (Wildman–Crippen LogP) is 0.600. The summed E-state index contributed by atoms with van der Waals surface area (Å²) in [7, 11) is 1.67. The summed E-state index contributed by atoms with van der Waals surface area (Å²) < 4.78 is 17.6. The third-order valence-corrected chi connectivity index (χ3v) is 3.21. The van der Waals surface area contributed by atoms with Crippen LogP contribution in [0.3, 0.4) is 0 Å². The molecule has 1 aromatic heterocycles. The Kier molecular flexibility index (Phi) is 7.66. The molecule has 0 spiro atoms. The van der Waals surface area contributed by atoms with Gasteiger partial charge in [-0.05, 0) is 19.3 Å². The molecule has 2 rings (SSSR count). The zero-order chi connectivity index (χ0) is 14.8. The minimum atomic E-state index is 0.644. The summed E-state index contributed by atoms with van der Waals surface area (Å²) in [6, 6.07) is 0.699. The second-order valence-corrected chi connectivity index (χ2v) is 5.20. The van der Waals surface area contributed by atoms with Crippen molar-refractivity contribution in [2.24, 2.45) is 0 Å². The smallest absolute Gasteiger partial charge is 0.0964 e. The van der Waals surface area contributed by atoms with Crippen LogP contribution in [0, 0.1) is 0 Å². The van der Waals surface area contributed by atoms with Crippen molar-refractivity contribution >= 4 is 0 Å². The summed E-state index contributed by atoms with van der Waals surface area (Å²) >= 11 is 0. The molecule has 1 heterocycles. The maximum Gasteiger partial charge on any atom is 0.0964 e. The first kappa shape index (κ1) is 16.4. The van der Waals surface area contributed by atoms with Crippen LogP contribution in [0.25, 0.3) is 0 Å². The van der Waals surface area contributed by atoms with Gasteiger partial charge in [0.15, 0.2) is 0 Å². The van der Waals surface area contributed by atoms with Crippen LogP contribution in [0.15, 0.2) is 6.20 Å². The maximum atomic E-state index is 5.55. The molecule has 0 bridgehead atoms. The minimum absolute atomic E-state index is 0.644. The van der Waals surface area contributed by atoms with Gasteiger partial charge >= 0.3 is 0 Å². The topological polar surface area (TPSA) is 70.4 Å². The molecule has 0 atom stereocenters. The van der Waals surface area contributed by atoms with Gasteiger partial charge in [-0.25, -0.2) is 4.68 Å². The van der Waals surface area contributed by atoms with Gasteiger partial charge in [0.25, 0.3) is 0 Å². The molecule has 1 N–H and O–H groups in total. The number of aromatic nitrogens is 3.